The predicted molar refractivity (Wildman–Crippen MR) is 64.2 cm³/mol. The molecule has 0 aliphatic carbocycles. The van der Waals surface area contributed by atoms with E-state index in [4.69, 9.17) is 20.1 Å². The molecule has 0 atom stereocenters. The van der Waals surface area contributed by atoms with E-state index in [1.807, 2.05) is 13.8 Å². The third kappa shape index (κ3) is 7.95. The van der Waals surface area contributed by atoms with Crippen LogP contribution in [0.4, 0.5) is 4.79 Å². The quantitative estimate of drug-likeness (QED) is 0.334. The molecule has 0 aromatic rings. The first-order valence-electron chi connectivity index (χ1n) is 5.78. The Balaban J connectivity index is 4.19. The molecule has 0 heterocycles. The molecular weight excluding hydrogens is 224 g/mol. The Morgan fingerprint density at radius 1 is 1.24 bits per heavy atom. The van der Waals surface area contributed by atoms with E-state index < -0.39 is 18.0 Å². The molecule has 0 bridgehead atoms. The molecule has 0 saturated heterocycles. The Bertz CT molecular complexity index is 222. The average molecular weight is 248 g/mol. The molecule has 2 N–H and O–H groups in total. The zero-order valence-electron chi connectivity index (χ0n) is 11.4. The zero-order chi connectivity index (χ0) is 13.5. The minimum atomic E-state index is -0.595. The molecule has 0 spiro atoms. The van der Waals surface area contributed by atoms with Crippen LogP contribution in [0.3, 0.4) is 0 Å². The molecular formula is C11H24N2O4. The molecule has 102 valence electrons. The summed E-state index contributed by atoms with van der Waals surface area (Å²) in [5.74, 6) is 5.58. The maximum Gasteiger partial charge on any atom is 0.424 e. The van der Waals surface area contributed by atoms with E-state index in [-0.39, 0.29) is 6.54 Å². The number of carbonyl (C=O) groups is 1. The van der Waals surface area contributed by atoms with E-state index in [0.29, 0.717) is 13.2 Å². The molecule has 6 nitrogen and oxygen atoms in total. The monoisotopic (exact) mass is 248 g/mol. The van der Waals surface area contributed by atoms with Crippen LogP contribution in [0.2, 0.25) is 0 Å². The van der Waals surface area contributed by atoms with Crippen molar-refractivity contribution >= 4 is 6.09 Å². The first-order valence-corrected chi connectivity index (χ1v) is 5.78. The van der Waals surface area contributed by atoms with E-state index in [2.05, 4.69) is 0 Å². The van der Waals surface area contributed by atoms with Gasteiger partial charge in [0.25, 0.3) is 0 Å². The number of hydrazine groups is 1. The van der Waals surface area contributed by atoms with Crippen molar-refractivity contribution in [3.63, 3.8) is 0 Å². The van der Waals surface area contributed by atoms with Gasteiger partial charge in [0.1, 0.15) is 5.60 Å². The predicted octanol–water partition coefficient (Wildman–Crippen LogP) is 1.50. The third-order valence-corrected chi connectivity index (χ3v) is 1.68. The molecule has 0 aliphatic rings. The number of amides is 1. The normalized spacial score (nSPS) is 11.7. The highest BCUT2D eigenvalue weighted by atomic mass is 16.7. The lowest BCUT2D eigenvalue weighted by Crippen LogP contribution is -2.46. The maximum atomic E-state index is 11.6. The number of nitrogens with two attached hydrogens (primary N) is 1. The van der Waals surface area contributed by atoms with Crippen LogP contribution in [0.5, 0.6) is 0 Å². The second-order valence-corrected chi connectivity index (χ2v) is 4.47. The SMILES string of the molecule is CCOC(CN(N)C(=O)OC(C)(C)C)OCC. The fraction of sp³-hybridized carbons (Fsp3) is 0.909. The fourth-order valence-electron chi connectivity index (χ4n) is 1.08. The Morgan fingerprint density at radius 3 is 2.06 bits per heavy atom. The minimum Gasteiger partial charge on any atom is -0.443 e. The molecule has 0 aromatic heterocycles. The average Bonchev–Trinajstić information content (AvgIpc) is 2.15. The molecule has 0 aliphatic heterocycles. The van der Waals surface area contributed by atoms with Gasteiger partial charge in [0.2, 0.25) is 0 Å². The lowest BCUT2D eigenvalue weighted by atomic mass is 10.2. The summed E-state index contributed by atoms with van der Waals surface area (Å²) >= 11 is 0. The largest absolute Gasteiger partial charge is 0.443 e. The molecule has 0 unspecified atom stereocenters. The Hall–Kier alpha value is -0.850. The summed E-state index contributed by atoms with van der Waals surface area (Å²) in [6.45, 7) is 10.2. The third-order valence-electron chi connectivity index (χ3n) is 1.68. The van der Waals surface area contributed by atoms with E-state index in [9.17, 15) is 4.79 Å². The number of rotatable bonds is 6. The molecule has 0 saturated carbocycles. The second-order valence-electron chi connectivity index (χ2n) is 4.47. The number of ether oxygens (including phenoxy) is 3. The summed E-state index contributed by atoms with van der Waals surface area (Å²) < 4.78 is 15.7. The van der Waals surface area contributed by atoms with E-state index >= 15 is 0 Å². The highest BCUT2D eigenvalue weighted by molar-refractivity contribution is 5.67. The van der Waals surface area contributed by atoms with Gasteiger partial charge in [0, 0.05) is 13.2 Å². The van der Waals surface area contributed by atoms with Crippen LogP contribution in [0.1, 0.15) is 34.6 Å². The topological polar surface area (TPSA) is 74.0 Å². The number of hydrogen-bond donors (Lipinski definition) is 1. The number of carbonyl (C=O) groups excluding carboxylic acids is 1. The lowest BCUT2D eigenvalue weighted by molar-refractivity contribution is -0.146. The minimum absolute atomic E-state index is 0.136. The first-order chi connectivity index (χ1) is 7.80. The summed E-state index contributed by atoms with van der Waals surface area (Å²) in [5, 5.41) is 0.960. The van der Waals surface area contributed by atoms with Crippen LogP contribution in [-0.4, -0.2) is 42.8 Å². The molecule has 0 aromatic carbocycles. The number of hydrogen-bond acceptors (Lipinski definition) is 5. The van der Waals surface area contributed by atoms with Crippen LogP contribution in [0.15, 0.2) is 0 Å². The van der Waals surface area contributed by atoms with Gasteiger partial charge >= 0.3 is 6.09 Å². The van der Waals surface area contributed by atoms with E-state index in [1.54, 1.807) is 20.8 Å². The summed E-state index contributed by atoms with van der Waals surface area (Å²) in [5.41, 5.74) is -0.568. The summed E-state index contributed by atoms with van der Waals surface area (Å²) in [7, 11) is 0. The van der Waals surface area contributed by atoms with Crippen LogP contribution in [-0.2, 0) is 14.2 Å². The molecule has 0 radical (unpaired) electrons. The highest BCUT2D eigenvalue weighted by Gasteiger charge is 2.22. The number of nitrogens with zero attached hydrogens (tertiary/aromatic N) is 1. The van der Waals surface area contributed by atoms with Gasteiger partial charge in [0.15, 0.2) is 6.29 Å². The van der Waals surface area contributed by atoms with Gasteiger partial charge in [-0.25, -0.2) is 15.6 Å². The maximum absolute atomic E-state index is 11.6. The van der Waals surface area contributed by atoms with Gasteiger partial charge in [-0.05, 0) is 34.6 Å². The Kier molecular flexibility index (Phi) is 7.10. The van der Waals surface area contributed by atoms with Crippen molar-refractivity contribution in [3.05, 3.63) is 0 Å². The molecule has 17 heavy (non-hydrogen) atoms. The van der Waals surface area contributed by atoms with Crippen LogP contribution < -0.4 is 5.84 Å². The molecule has 0 rings (SSSR count). The van der Waals surface area contributed by atoms with Crippen molar-refractivity contribution in [3.8, 4) is 0 Å². The van der Waals surface area contributed by atoms with Crippen LogP contribution >= 0.6 is 0 Å². The van der Waals surface area contributed by atoms with Crippen molar-refractivity contribution < 1.29 is 19.0 Å². The van der Waals surface area contributed by atoms with Crippen molar-refractivity contribution in [2.24, 2.45) is 5.84 Å². The van der Waals surface area contributed by atoms with E-state index in [0.717, 1.165) is 5.01 Å². The molecule has 0 fully saturated rings. The summed E-state index contributed by atoms with van der Waals surface area (Å²) in [6.07, 6.45) is -1.12. The summed E-state index contributed by atoms with van der Waals surface area (Å²) in [4.78, 5) is 11.6. The summed E-state index contributed by atoms with van der Waals surface area (Å²) in [6, 6.07) is 0. The molecule has 1 amide bonds. The van der Waals surface area contributed by atoms with Gasteiger partial charge < -0.3 is 14.2 Å². The van der Waals surface area contributed by atoms with Gasteiger partial charge in [-0.15, -0.1) is 0 Å². The molecule has 6 heteroatoms. The lowest BCUT2D eigenvalue weighted by Gasteiger charge is -2.26. The van der Waals surface area contributed by atoms with Crippen molar-refractivity contribution in [1.82, 2.24) is 5.01 Å². The Morgan fingerprint density at radius 2 is 1.71 bits per heavy atom. The van der Waals surface area contributed by atoms with E-state index in [1.165, 1.54) is 0 Å². The van der Waals surface area contributed by atoms with Gasteiger partial charge in [-0.1, -0.05) is 0 Å². The van der Waals surface area contributed by atoms with Crippen LogP contribution in [0.25, 0.3) is 0 Å². The van der Waals surface area contributed by atoms with Crippen molar-refractivity contribution in [2.75, 3.05) is 19.8 Å². The van der Waals surface area contributed by atoms with Gasteiger partial charge in [-0.3, -0.25) is 0 Å². The first kappa shape index (κ1) is 16.1. The Labute approximate surface area is 103 Å². The van der Waals surface area contributed by atoms with Crippen molar-refractivity contribution in [1.29, 1.82) is 0 Å². The van der Waals surface area contributed by atoms with Crippen LogP contribution in [0, 0.1) is 0 Å². The smallest absolute Gasteiger partial charge is 0.424 e. The zero-order valence-corrected chi connectivity index (χ0v) is 11.4. The standard InChI is InChI=1S/C11H24N2O4/c1-6-15-9(16-7-2)8-13(12)10(14)17-11(3,4)5/h9H,6-8,12H2,1-5H3. The van der Waals surface area contributed by atoms with Gasteiger partial charge in [0.05, 0.1) is 6.54 Å². The highest BCUT2D eigenvalue weighted by Crippen LogP contribution is 2.09. The van der Waals surface area contributed by atoms with Gasteiger partial charge in [-0.2, -0.15) is 0 Å². The fourth-order valence-corrected chi connectivity index (χ4v) is 1.08. The second kappa shape index (κ2) is 7.47. The van der Waals surface area contributed by atoms with Crippen molar-refractivity contribution in [2.45, 2.75) is 46.5 Å².